The molecule has 0 saturated heterocycles. The van der Waals surface area contributed by atoms with Crippen LogP contribution >= 0.6 is 0 Å². The van der Waals surface area contributed by atoms with Crippen molar-refractivity contribution in [3.05, 3.63) is 65.5 Å². The van der Waals surface area contributed by atoms with Crippen LogP contribution in [0.2, 0.25) is 0 Å². The summed E-state index contributed by atoms with van der Waals surface area (Å²) in [7, 11) is 0. The molecule has 2 N–H and O–H groups in total. The first-order valence-corrected chi connectivity index (χ1v) is 6.50. The van der Waals surface area contributed by atoms with Crippen LogP contribution in [0.4, 0.5) is 14.9 Å². The van der Waals surface area contributed by atoms with Crippen LogP contribution in [0, 0.1) is 12.7 Å². The fraction of sp³-hybridized carbons (Fsp3) is 0.188. The van der Waals surface area contributed by atoms with Gasteiger partial charge in [-0.25, -0.2) is 9.18 Å². The molecule has 2 aromatic carbocycles. The molecule has 20 heavy (non-hydrogen) atoms. The standard InChI is InChI=1S/C16H17FN2O/c1-12-4-2-3-5-15(12)19-16(20)18-11-10-13-6-8-14(17)9-7-13/h2-9H,10-11H2,1H3,(H2,18,19,20). The van der Waals surface area contributed by atoms with Crippen molar-refractivity contribution < 1.29 is 9.18 Å². The number of benzene rings is 2. The van der Waals surface area contributed by atoms with E-state index in [-0.39, 0.29) is 11.8 Å². The van der Waals surface area contributed by atoms with Gasteiger partial charge in [0.25, 0.3) is 0 Å². The number of carbonyl (C=O) groups is 1. The molecular weight excluding hydrogens is 255 g/mol. The Hall–Kier alpha value is -2.36. The molecule has 0 unspecified atom stereocenters. The number of rotatable bonds is 4. The number of amides is 2. The Morgan fingerprint density at radius 2 is 1.80 bits per heavy atom. The number of nitrogens with one attached hydrogen (secondary N) is 2. The number of halogens is 1. The molecule has 4 heteroatoms. The van der Waals surface area contributed by atoms with Crippen molar-refractivity contribution in [3.63, 3.8) is 0 Å². The Morgan fingerprint density at radius 3 is 2.50 bits per heavy atom. The molecule has 0 saturated carbocycles. The van der Waals surface area contributed by atoms with Crippen molar-refractivity contribution in [1.29, 1.82) is 0 Å². The van der Waals surface area contributed by atoms with Gasteiger partial charge in [0.2, 0.25) is 0 Å². The highest BCUT2D eigenvalue weighted by Gasteiger charge is 2.03. The Bertz CT molecular complexity index is 581. The van der Waals surface area contributed by atoms with E-state index in [0.717, 1.165) is 16.8 Å². The van der Waals surface area contributed by atoms with Crippen LogP contribution < -0.4 is 10.6 Å². The molecule has 0 aliphatic heterocycles. The van der Waals surface area contributed by atoms with E-state index in [1.165, 1.54) is 12.1 Å². The molecule has 2 amide bonds. The SMILES string of the molecule is Cc1ccccc1NC(=O)NCCc1ccc(F)cc1. The van der Waals surface area contributed by atoms with Crippen molar-refractivity contribution in [2.75, 3.05) is 11.9 Å². The van der Waals surface area contributed by atoms with Gasteiger partial charge in [-0.05, 0) is 42.7 Å². The van der Waals surface area contributed by atoms with Crippen LogP contribution in [0.15, 0.2) is 48.5 Å². The van der Waals surface area contributed by atoms with Crippen molar-refractivity contribution >= 4 is 11.7 Å². The van der Waals surface area contributed by atoms with Gasteiger partial charge in [-0.15, -0.1) is 0 Å². The molecule has 0 aliphatic rings. The molecule has 0 atom stereocenters. The smallest absolute Gasteiger partial charge is 0.319 e. The van der Waals surface area contributed by atoms with Crippen molar-refractivity contribution in [2.24, 2.45) is 0 Å². The Kier molecular flexibility index (Phi) is 4.71. The monoisotopic (exact) mass is 272 g/mol. The molecule has 0 fully saturated rings. The summed E-state index contributed by atoms with van der Waals surface area (Å²) in [5.74, 6) is -0.251. The first kappa shape index (κ1) is 14.1. The molecule has 0 aromatic heterocycles. The van der Waals surface area contributed by atoms with E-state index in [9.17, 15) is 9.18 Å². The quantitative estimate of drug-likeness (QED) is 0.878. The summed E-state index contributed by atoms with van der Waals surface area (Å²) in [5, 5.41) is 5.57. The summed E-state index contributed by atoms with van der Waals surface area (Å²) in [6.45, 7) is 2.44. The van der Waals surface area contributed by atoms with E-state index in [0.29, 0.717) is 13.0 Å². The van der Waals surface area contributed by atoms with Crippen molar-refractivity contribution in [2.45, 2.75) is 13.3 Å². The highest BCUT2D eigenvalue weighted by atomic mass is 19.1. The molecule has 0 radical (unpaired) electrons. The zero-order chi connectivity index (χ0) is 14.4. The Morgan fingerprint density at radius 1 is 1.10 bits per heavy atom. The first-order valence-electron chi connectivity index (χ1n) is 6.50. The fourth-order valence-corrected chi connectivity index (χ4v) is 1.85. The second-order valence-electron chi connectivity index (χ2n) is 4.57. The van der Waals surface area contributed by atoms with E-state index in [4.69, 9.17) is 0 Å². The average Bonchev–Trinajstić information content (AvgIpc) is 2.44. The van der Waals surface area contributed by atoms with Crippen LogP contribution in [0.5, 0.6) is 0 Å². The lowest BCUT2D eigenvalue weighted by atomic mass is 10.1. The Balaban J connectivity index is 1.78. The normalized spacial score (nSPS) is 10.1. The largest absolute Gasteiger partial charge is 0.338 e. The summed E-state index contributed by atoms with van der Waals surface area (Å²) < 4.78 is 12.7. The van der Waals surface area contributed by atoms with Gasteiger partial charge < -0.3 is 10.6 Å². The lowest BCUT2D eigenvalue weighted by Crippen LogP contribution is -2.30. The summed E-state index contributed by atoms with van der Waals surface area (Å²) >= 11 is 0. The zero-order valence-corrected chi connectivity index (χ0v) is 11.3. The van der Waals surface area contributed by atoms with Gasteiger partial charge in [-0.2, -0.15) is 0 Å². The maximum absolute atomic E-state index is 12.7. The van der Waals surface area contributed by atoms with E-state index < -0.39 is 0 Å². The van der Waals surface area contributed by atoms with Crippen LogP contribution in [0.3, 0.4) is 0 Å². The molecule has 0 bridgehead atoms. The summed E-state index contributed by atoms with van der Waals surface area (Å²) in [6.07, 6.45) is 0.668. The number of aryl methyl sites for hydroxylation is 1. The number of carbonyl (C=O) groups excluding carboxylic acids is 1. The first-order chi connectivity index (χ1) is 9.65. The molecule has 2 rings (SSSR count). The molecule has 104 valence electrons. The maximum atomic E-state index is 12.7. The number of urea groups is 1. The third kappa shape index (κ3) is 4.09. The van der Waals surface area contributed by atoms with Gasteiger partial charge in [-0.1, -0.05) is 30.3 Å². The van der Waals surface area contributed by atoms with Crippen LogP contribution in [-0.2, 0) is 6.42 Å². The zero-order valence-electron chi connectivity index (χ0n) is 11.3. The predicted octanol–water partition coefficient (Wildman–Crippen LogP) is 3.50. The number of anilines is 1. The maximum Gasteiger partial charge on any atom is 0.319 e. The number of hydrogen-bond donors (Lipinski definition) is 2. The summed E-state index contributed by atoms with van der Waals surface area (Å²) in [5.41, 5.74) is 2.80. The molecule has 0 aliphatic carbocycles. The van der Waals surface area contributed by atoms with E-state index in [1.807, 2.05) is 31.2 Å². The number of hydrogen-bond acceptors (Lipinski definition) is 1. The van der Waals surface area contributed by atoms with Crippen molar-refractivity contribution in [1.82, 2.24) is 5.32 Å². The van der Waals surface area contributed by atoms with E-state index >= 15 is 0 Å². The van der Waals surface area contributed by atoms with Gasteiger partial charge in [0.05, 0.1) is 0 Å². The summed E-state index contributed by atoms with van der Waals surface area (Å²) in [6, 6.07) is 13.6. The second-order valence-corrected chi connectivity index (χ2v) is 4.57. The van der Waals surface area contributed by atoms with Gasteiger partial charge >= 0.3 is 6.03 Å². The lowest BCUT2D eigenvalue weighted by Gasteiger charge is -2.09. The van der Waals surface area contributed by atoms with Gasteiger partial charge in [0.15, 0.2) is 0 Å². The minimum absolute atomic E-state index is 0.235. The molecule has 0 spiro atoms. The highest BCUT2D eigenvalue weighted by molar-refractivity contribution is 5.89. The minimum atomic E-state index is -0.251. The third-order valence-electron chi connectivity index (χ3n) is 3.01. The molecule has 3 nitrogen and oxygen atoms in total. The Labute approximate surface area is 117 Å². The van der Waals surface area contributed by atoms with Gasteiger partial charge in [0.1, 0.15) is 5.82 Å². The molecular formula is C16H17FN2O. The van der Waals surface area contributed by atoms with Crippen LogP contribution in [0.25, 0.3) is 0 Å². The molecule has 2 aromatic rings. The van der Waals surface area contributed by atoms with E-state index in [2.05, 4.69) is 10.6 Å². The van der Waals surface area contributed by atoms with Crippen LogP contribution in [0.1, 0.15) is 11.1 Å². The average molecular weight is 272 g/mol. The topological polar surface area (TPSA) is 41.1 Å². The lowest BCUT2D eigenvalue weighted by molar-refractivity contribution is 0.252. The third-order valence-corrected chi connectivity index (χ3v) is 3.01. The highest BCUT2D eigenvalue weighted by Crippen LogP contribution is 2.12. The number of para-hydroxylation sites is 1. The fourth-order valence-electron chi connectivity index (χ4n) is 1.85. The predicted molar refractivity (Wildman–Crippen MR) is 78.3 cm³/mol. The van der Waals surface area contributed by atoms with Crippen molar-refractivity contribution in [3.8, 4) is 0 Å². The molecule has 0 heterocycles. The van der Waals surface area contributed by atoms with Gasteiger partial charge in [-0.3, -0.25) is 0 Å². The van der Waals surface area contributed by atoms with Gasteiger partial charge in [0, 0.05) is 12.2 Å². The van der Waals surface area contributed by atoms with E-state index in [1.54, 1.807) is 12.1 Å². The summed E-state index contributed by atoms with van der Waals surface area (Å²) in [4.78, 5) is 11.7. The minimum Gasteiger partial charge on any atom is -0.338 e. The van der Waals surface area contributed by atoms with Crippen LogP contribution in [-0.4, -0.2) is 12.6 Å². The second kappa shape index (κ2) is 6.70.